The molecule has 0 bridgehead atoms. The zero-order valence-corrected chi connectivity index (χ0v) is 15.4. The molecule has 0 spiro atoms. The summed E-state index contributed by atoms with van der Waals surface area (Å²) in [5, 5.41) is 4.53. The number of nitrogens with zero attached hydrogens (tertiary/aromatic N) is 4. The molecule has 3 heterocycles. The van der Waals surface area contributed by atoms with Crippen molar-refractivity contribution in [3.8, 4) is 11.6 Å². The third kappa shape index (κ3) is 3.34. The van der Waals surface area contributed by atoms with Crippen LogP contribution in [0, 0.1) is 5.82 Å². The summed E-state index contributed by atoms with van der Waals surface area (Å²) >= 11 is 0. The van der Waals surface area contributed by atoms with Gasteiger partial charge in [0, 0.05) is 38.3 Å². The summed E-state index contributed by atoms with van der Waals surface area (Å²) in [4.78, 5) is 4.54. The van der Waals surface area contributed by atoms with E-state index in [-0.39, 0.29) is 17.3 Å². The molecule has 9 heteroatoms. The maximum Gasteiger partial charge on any atom is 0.311 e. The largest absolute Gasteiger partial charge is 0.361 e. The van der Waals surface area contributed by atoms with Crippen LogP contribution in [0.4, 0.5) is 4.39 Å². The van der Waals surface area contributed by atoms with E-state index in [1.54, 1.807) is 18.2 Å². The molecule has 0 aliphatic carbocycles. The molecule has 0 amide bonds. The van der Waals surface area contributed by atoms with Gasteiger partial charge in [-0.2, -0.15) is 18.2 Å². The first-order chi connectivity index (χ1) is 12.4. The molecule has 26 heavy (non-hydrogen) atoms. The molecule has 2 aliphatic rings. The summed E-state index contributed by atoms with van der Waals surface area (Å²) in [6, 6.07) is 6.15. The van der Waals surface area contributed by atoms with Crippen molar-refractivity contribution in [3.05, 3.63) is 41.3 Å². The maximum atomic E-state index is 14.3. The van der Waals surface area contributed by atoms with Gasteiger partial charge in [0.1, 0.15) is 11.5 Å². The monoisotopic (exact) mass is 380 g/mol. The Labute approximate surface area is 152 Å². The maximum absolute atomic E-state index is 14.3. The minimum absolute atomic E-state index is 0.0846. The highest BCUT2D eigenvalue weighted by Gasteiger charge is 2.32. The van der Waals surface area contributed by atoms with E-state index in [9.17, 15) is 12.8 Å². The normalized spacial score (nSPS) is 20.5. The number of aromatic nitrogens is 2. The second-order valence-electron chi connectivity index (χ2n) is 6.77. The second-order valence-corrected chi connectivity index (χ2v) is 8.46. The molecule has 0 unspecified atom stereocenters. The molecule has 0 atom stereocenters. The zero-order chi connectivity index (χ0) is 18.3. The first-order valence-electron chi connectivity index (χ1n) is 8.62. The highest BCUT2D eigenvalue weighted by atomic mass is 32.2. The molecule has 2 aromatic rings. The van der Waals surface area contributed by atoms with Crippen molar-refractivity contribution in [1.82, 2.24) is 19.6 Å². The molecule has 0 saturated carbocycles. The third-order valence-corrected chi connectivity index (χ3v) is 5.99. The Morgan fingerprint density at radius 3 is 2.65 bits per heavy atom. The Morgan fingerprint density at radius 2 is 1.92 bits per heavy atom. The first-order valence-corrected chi connectivity index (χ1v) is 10.2. The van der Waals surface area contributed by atoms with Crippen LogP contribution in [0.2, 0.25) is 0 Å². The summed E-state index contributed by atoms with van der Waals surface area (Å²) in [6.45, 7) is 4.37. The van der Waals surface area contributed by atoms with Gasteiger partial charge in [-0.25, -0.2) is 4.39 Å². The fraction of sp³-hybridized carbons (Fsp3) is 0.471. The summed E-state index contributed by atoms with van der Waals surface area (Å²) in [6.07, 6.45) is 0.329. The van der Waals surface area contributed by atoms with Crippen molar-refractivity contribution in [3.63, 3.8) is 0 Å². The minimum Gasteiger partial charge on any atom is -0.361 e. The molecule has 1 fully saturated rings. The number of hydrogen-bond acceptors (Lipinski definition) is 6. The van der Waals surface area contributed by atoms with Crippen LogP contribution in [-0.4, -0.2) is 67.0 Å². The molecule has 0 radical (unpaired) electrons. The number of rotatable bonds is 3. The lowest BCUT2D eigenvalue weighted by Gasteiger charge is -2.32. The zero-order valence-electron chi connectivity index (χ0n) is 14.6. The predicted molar refractivity (Wildman–Crippen MR) is 94.4 cm³/mol. The third-order valence-electron chi connectivity index (χ3n) is 4.88. The Morgan fingerprint density at radius 1 is 1.19 bits per heavy atom. The summed E-state index contributed by atoms with van der Waals surface area (Å²) < 4.78 is 44.7. The average Bonchev–Trinajstić information content (AvgIpc) is 2.93. The lowest BCUT2D eigenvalue weighted by molar-refractivity contribution is 0.146. The van der Waals surface area contributed by atoms with E-state index in [4.69, 9.17) is 4.18 Å². The van der Waals surface area contributed by atoms with Gasteiger partial charge in [-0.1, -0.05) is 12.1 Å². The fourth-order valence-corrected chi connectivity index (χ4v) is 4.28. The molecule has 140 valence electrons. The lowest BCUT2D eigenvalue weighted by Crippen LogP contribution is -2.44. The van der Waals surface area contributed by atoms with Crippen molar-refractivity contribution in [2.75, 3.05) is 39.0 Å². The SMILES string of the molecule is CN1CCN(Cc2nn(-c3ccccc3F)c3c2CCS(=O)(=O)O3)CC1. The molecule has 1 aromatic heterocycles. The number of para-hydroxylation sites is 1. The van der Waals surface area contributed by atoms with E-state index in [1.807, 2.05) is 0 Å². The second kappa shape index (κ2) is 6.64. The van der Waals surface area contributed by atoms with Gasteiger partial charge in [0.15, 0.2) is 0 Å². The molecule has 1 saturated heterocycles. The van der Waals surface area contributed by atoms with Gasteiger partial charge >= 0.3 is 10.1 Å². The van der Waals surface area contributed by atoms with E-state index < -0.39 is 15.9 Å². The summed E-state index contributed by atoms with van der Waals surface area (Å²) in [7, 11) is -1.58. The molecule has 0 N–H and O–H groups in total. The highest BCUT2D eigenvalue weighted by molar-refractivity contribution is 7.87. The van der Waals surface area contributed by atoms with Gasteiger partial charge < -0.3 is 9.08 Å². The van der Waals surface area contributed by atoms with Gasteiger partial charge in [-0.15, -0.1) is 0 Å². The Bertz CT molecular complexity index is 920. The molecule has 7 nitrogen and oxygen atoms in total. The number of fused-ring (bicyclic) bond motifs is 1. The lowest BCUT2D eigenvalue weighted by atomic mass is 10.1. The smallest absolute Gasteiger partial charge is 0.311 e. The molecule has 1 aromatic carbocycles. The van der Waals surface area contributed by atoms with Gasteiger partial charge in [-0.3, -0.25) is 4.90 Å². The van der Waals surface area contributed by atoms with Crippen LogP contribution in [0.3, 0.4) is 0 Å². The van der Waals surface area contributed by atoms with Crippen LogP contribution in [-0.2, 0) is 23.1 Å². The van der Waals surface area contributed by atoms with Crippen LogP contribution in [0.1, 0.15) is 11.3 Å². The Balaban J connectivity index is 1.73. The summed E-state index contributed by atoms with van der Waals surface area (Å²) in [5.41, 5.74) is 1.69. The Kier molecular flexibility index (Phi) is 4.45. The van der Waals surface area contributed by atoms with Crippen LogP contribution in [0.25, 0.3) is 5.69 Å². The average molecular weight is 380 g/mol. The number of benzene rings is 1. The van der Waals surface area contributed by atoms with Crippen LogP contribution in [0.5, 0.6) is 5.88 Å². The van der Waals surface area contributed by atoms with Gasteiger partial charge in [0.05, 0.1) is 11.4 Å². The first kappa shape index (κ1) is 17.4. The topological polar surface area (TPSA) is 67.7 Å². The van der Waals surface area contributed by atoms with Crippen molar-refractivity contribution in [2.45, 2.75) is 13.0 Å². The van der Waals surface area contributed by atoms with E-state index >= 15 is 0 Å². The van der Waals surface area contributed by atoms with Crippen LogP contribution in [0.15, 0.2) is 24.3 Å². The van der Waals surface area contributed by atoms with Gasteiger partial charge in [-0.05, 0) is 25.6 Å². The van der Waals surface area contributed by atoms with Crippen molar-refractivity contribution in [2.24, 2.45) is 0 Å². The van der Waals surface area contributed by atoms with Gasteiger partial charge in [0.2, 0.25) is 5.88 Å². The van der Waals surface area contributed by atoms with Gasteiger partial charge in [0.25, 0.3) is 0 Å². The fourth-order valence-electron chi connectivity index (χ4n) is 3.34. The number of hydrogen-bond donors (Lipinski definition) is 0. The minimum atomic E-state index is -3.67. The quantitative estimate of drug-likeness (QED) is 0.741. The van der Waals surface area contributed by atoms with E-state index in [0.29, 0.717) is 13.0 Å². The Hall–Kier alpha value is -1.97. The molecule has 2 aliphatic heterocycles. The number of likely N-dealkylation sites (N-methyl/N-ethyl adjacent to an activating group) is 1. The summed E-state index contributed by atoms with van der Waals surface area (Å²) in [5.74, 6) is -0.445. The van der Waals surface area contributed by atoms with E-state index in [2.05, 4.69) is 21.9 Å². The van der Waals surface area contributed by atoms with Crippen LogP contribution < -0.4 is 4.18 Å². The molecular weight excluding hydrogens is 359 g/mol. The molecular formula is C17H21FN4O3S. The van der Waals surface area contributed by atoms with Crippen molar-refractivity contribution in [1.29, 1.82) is 0 Å². The predicted octanol–water partition coefficient (Wildman–Crippen LogP) is 1.02. The highest BCUT2D eigenvalue weighted by Crippen LogP contribution is 2.33. The number of halogens is 1. The van der Waals surface area contributed by atoms with Crippen molar-refractivity contribution < 1.29 is 17.0 Å². The van der Waals surface area contributed by atoms with E-state index in [0.717, 1.165) is 37.4 Å². The number of piperazine rings is 1. The van der Waals surface area contributed by atoms with Crippen LogP contribution >= 0.6 is 0 Å². The van der Waals surface area contributed by atoms with E-state index in [1.165, 1.54) is 10.7 Å². The van der Waals surface area contributed by atoms with Crippen molar-refractivity contribution >= 4 is 10.1 Å². The standard InChI is InChI=1S/C17H21FN4O3S/c1-20-7-9-21(10-8-20)12-15-13-6-11-26(23,24)25-17(13)22(19-15)16-5-3-2-4-14(16)18/h2-5H,6-12H2,1H3. The molecule has 4 rings (SSSR count).